The van der Waals surface area contributed by atoms with Gasteiger partial charge in [-0.2, -0.15) is 4.57 Å². The summed E-state index contributed by atoms with van der Waals surface area (Å²) in [7, 11) is 2.17. The van der Waals surface area contributed by atoms with Crippen LogP contribution in [0.3, 0.4) is 0 Å². The summed E-state index contributed by atoms with van der Waals surface area (Å²) in [5.74, 6) is 1.03. The highest BCUT2D eigenvalue weighted by Crippen LogP contribution is 2.29. The number of aromatic nitrogens is 2. The minimum atomic E-state index is 1.03. The molecule has 0 spiro atoms. The lowest BCUT2D eigenvalue weighted by Gasteiger charge is -2.21. The quantitative estimate of drug-likeness (QED) is 0.377. The van der Waals surface area contributed by atoms with Gasteiger partial charge in [-0.3, -0.25) is 0 Å². The summed E-state index contributed by atoms with van der Waals surface area (Å²) in [6.45, 7) is 3.33. The molecule has 0 radical (unpaired) electrons. The lowest BCUT2D eigenvalue weighted by atomic mass is 9.85. The van der Waals surface area contributed by atoms with Crippen LogP contribution in [0.15, 0.2) is 36.5 Å². The minimum Gasteiger partial charge on any atom is -0.335 e. The van der Waals surface area contributed by atoms with Gasteiger partial charge in [0.05, 0.1) is 10.9 Å². The van der Waals surface area contributed by atoms with E-state index < -0.39 is 0 Å². The first-order valence-corrected chi connectivity index (χ1v) is 10.6. The Labute approximate surface area is 157 Å². The van der Waals surface area contributed by atoms with Gasteiger partial charge < -0.3 is 4.57 Å². The molecule has 4 rings (SSSR count). The van der Waals surface area contributed by atoms with Gasteiger partial charge in [-0.15, -0.1) is 0 Å². The fraction of sp³-hybridized carbons (Fsp3) is 0.542. The largest absolute Gasteiger partial charge is 0.335 e. The van der Waals surface area contributed by atoms with Crippen LogP contribution in [0.1, 0.15) is 63.4 Å². The van der Waals surface area contributed by atoms with E-state index in [4.69, 9.17) is 0 Å². The zero-order chi connectivity index (χ0) is 17.9. The van der Waals surface area contributed by atoms with E-state index in [0.717, 1.165) is 12.5 Å². The van der Waals surface area contributed by atoms with Crippen molar-refractivity contribution in [1.82, 2.24) is 4.57 Å². The lowest BCUT2D eigenvalue weighted by molar-refractivity contribution is -0.644. The molecule has 0 amide bonds. The molecule has 1 aromatic carbocycles. The van der Waals surface area contributed by atoms with Crippen LogP contribution >= 0.6 is 0 Å². The molecule has 1 aliphatic carbocycles. The number of aryl methyl sites for hydroxylation is 3. The molecule has 0 saturated heterocycles. The first-order valence-electron chi connectivity index (χ1n) is 10.6. The van der Waals surface area contributed by atoms with E-state index in [1.165, 1.54) is 85.3 Å². The highest BCUT2D eigenvalue weighted by atomic mass is 15.0. The van der Waals surface area contributed by atoms with Crippen molar-refractivity contribution in [3.8, 4) is 0 Å². The molecule has 2 aromatic heterocycles. The monoisotopic (exact) mass is 349 g/mol. The molecular formula is C24H33N2+. The Hall–Kier alpha value is -1.83. The molecule has 138 valence electrons. The van der Waals surface area contributed by atoms with Gasteiger partial charge in [-0.05, 0) is 37.5 Å². The van der Waals surface area contributed by atoms with Crippen molar-refractivity contribution < 1.29 is 4.57 Å². The Balaban J connectivity index is 1.48. The van der Waals surface area contributed by atoms with Crippen molar-refractivity contribution >= 4 is 21.9 Å². The number of nitrogens with zero attached hydrogens (tertiary/aromatic N) is 2. The van der Waals surface area contributed by atoms with Crippen LogP contribution < -0.4 is 4.57 Å². The SMILES string of the molecule is Cc1ccc2c(c1)c1c(ccc[n+]1C)n2CCCCCC1CCCCC1. The minimum absolute atomic E-state index is 1.03. The van der Waals surface area contributed by atoms with Crippen molar-refractivity contribution in [3.05, 3.63) is 42.1 Å². The van der Waals surface area contributed by atoms with Crippen molar-refractivity contribution in [1.29, 1.82) is 0 Å². The molecule has 2 heterocycles. The second kappa shape index (κ2) is 7.82. The summed E-state index contributed by atoms with van der Waals surface area (Å²) in [5.41, 5.74) is 5.48. The van der Waals surface area contributed by atoms with Crippen LogP contribution in [0.5, 0.6) is 0 Å². The topological polar surface area (TPSA) is 8.81 Å². The molecule has 1 saturated carbocycles. The zero-order valence-corrected chi connectivity index (χ0v) is 16.5. The van der Waals surface area contributed by atoms with Crippen LogP contribution in [-0.2, 0) is 13.6 Å². The maximum absolute atomic E-state index is 2.55. The van der Waals surface area contributed by atoms with Crippen LogP contribution in [0.25, 0.3) is 21.9 Å². The molecule has 0 N–H and O–H groups in total. The van der Waals surface area contributed by atoms with Crippen molar-refractivity contribution in [2.45, 2.75) is 71.3 Å². The first-order chi connectivity index (χ1) is 12.7. The summed E-state index contributed by atoms with van der Waals surface area (Å²) in [4.78, 5) is 0. The Morgan fingerprint density at radius 1 is 1.00 bits per heavy atom. The molecule has 0 unspecified atom stereocenters. The Morgan fingerprint density at radius 2 is 1.85 bits per heavy atom. The van der Waals surface area contributed by atoms with Gasteiger partial charge >= 0.3 is 0 Å². The number of hydrogen-bond acceptors (Lipinski definition) is 0. The van der Waals surface area contributed by atoms with Crippen molar-refractivity contribution in [2.75, 3.05) is 0 Å². The number of hydrogen-bond donors (Lipinski definition) is 0. The lowest BCUT2D eigenvalue weighted by Crippen LogP contribution is -2.27. The molecule has 26 heavy (non-hydrogen) atoms. The van der Waals surface area contributed by atoms with Crippen molar-refractivity contribution in [2.24, 2.45) is 13.0 Å². The highest BCUT2D eigenvalue weighted by molar-refractivity contribution is 6.04. The Morgan fingerprint density at radius 3 is 2.69 bits per heavy atom. The van der Waals surface area contributed by atoms with Gasteiger partial charge in [0.15, 0.2) is 6.20 Å². The van der Waals surface area contributed by atoms with Gasteiger partial charge in [-0.1, -0.05) is 63.0 Å². The molecule has 1 fully saturated rings. The maximum Gasteiger partial charge on any atom is 0.238 e. The number of rotatable bonds is 6. The predicted octanol–water partition coefficient (Wildman–Crippen LogP) is 6.07. The van der Waals surface area contributed by atoms with E-state index in [1.54, 1.807) is 0 Å². The van der Waals surface area contributed by atoms with Gasteiger partial charge in [0.1, 0.15) is 12.6 Å². The standard InChI is InChI=1S/C24H33N2/c1-19-14-15-22-21(18-19)24-23(13-9-16-25(24)2)26(22)17-8-4-7-12-20-10-5-3-6-11-20/h9,13-16,18,20H,3-8,10-12,17H2,1-2H3/q+1. The molecule has 0 atom stereocenters. The number of unbranched alkanes of at least 4 members (excludes halogenated alkanes) is 2. The molecule has 0 aliphatic heterocycles. The summed E-state index contributed by atoms with van der Waals surface area (Å²) >= 11 is 0. The maximum atomic E-state index is 2.55. The van der Waals surface area contributed by atoms with E-state index in [0.29, 0.717) is 0 Å². The van der Waals surface area contributed by atoms with Crippen LogP contribution in [0, 0.1) is 12.8 Å². The summed E-state index contributed by atoms with van der Waals surface area (Å²) in [6.07, 6.45) is 15.1. The number of fused-ring (bicyclic) bond motifs is 3. The Kier molecular flexibility index (Phi) is 5.28. The second-order valence-electron chi connectivity index (χ2n) is 8.38. The predicted molar refractivity (Wildman–Crippen MR) is 110 cm³/mol. The van der Waals surface area contributed by atoms with Gasteiger partial charge in [0.2, 0.25) is 5.52 Å². The summed E-state index contributed by atoms with van der Waals surface area (Å²) < 4.78 is 4.82. The summed E-state index contributed by atoms with van der Waals surface area (Å²) in [5, 5.41) is 1.39. The molecule has 0 bridgehead atoms. The van der Waals surface area contributed by atoms with Crippen LogP contribution in [0.4, 0.5) is 0 Å². The van der Waals surface area contributed by atoms with E-state index in [-0.39, 0.29) is 0 Å². The first kappa shape index (κ1) is 17.6. The third kappa shape index (κ3) is 3.51. The molecule has 3 aromatic rings. The number of benzene rings is 1. The third-order valence-corrected chi connectivity index (χ3v) is 6.37. The molecule has 1 aliphatic rings. The average Bonchev–Trinajstić information content (AvgIpc) is 2.96. The average molecular weight is 350 g/mol. The van der Waals surface area contributed by atoms with E-state index in [9.17, 15) is 0 Å². The molecule has 2 heteroatoms. The van der Waals surface area contributed by atoms with Gasteiger partial charge in [0, 0.05) is 12.6 Å². The van der Waals surface area contributed by atoms with Crippen molar-refractivity contribution in [3.63, 3.8) is 0 Å². The fourth-order valence-electron chi connectivity index (χ4n) is 4.94. The van der Waals surface area contributed by atoms with Gasteiger partial charge in [0.25, 0.3) is 0 Å². The smallest absolute Gasteiger partial charge is 0.238 e. The second-order valence-corrected chi connectivity index (χ2v) is 8.38. The number of pyridine rings is 1. The zero-order valence-electron chi connectivity index (χ0n) is 16.5. The van der Waals surface area contributed by atoms with Gasteiger partial charge in [-0.25, -0.2) is 0 Å². The fourth-order valence-corrected chi connectivity index (χ4v) is 4.94. The Bertz CT molecular complexity index is 884. The highest BCUT2D eigenvalue weighted by Gasteiger charge is 2.17. The van der Waals surface area contributed by atoms with E-state index in [2.05, 4.69) is 59.6 Å². The molecular weight excluding hydrogens is 316 g/mol. The molecule has 2 nitrogen and oxygen atoms in total. The van der Waals surface area contributed by atoms with Crippen LogP contribution in [0.2, 0.25) is 0 Å². The van der Waals surface area contributed by atoms with E-state index in [1.807, 2.05) is 0 Å². The summed E-state index contributed by atoms with van der Waals surface area (Å²) in [6, 6.07) is 11.4. The van der Waals surface area contributed by atoms with E-state index >= 15 is 0 Å². The van der Waals surface area contributed by atoms with Crippen LogP contribution in [-0.4, -0.2) is 4.57 Å². The third-order valence-electron chi connectivity index (χ3n) is 6.37. The normalized spacial score (nSPS) is 15.9.